The predicted molar refractivity (Wildman–Crippen MR) is 129 cm³/mol. The van der Waals surface area contributed by atoms with Crippen molar-refractivity contribution in [2.45, 2.75) is 38.0 Å². The lowest BCUT2D eigenvalue weighted by Gasteiger charge is -2.33. The quantitative estimate of drug-likeness (QED) is 0.563. The largest absolute Gasteiger partial charge is 0.351 e. The Bertz CT molecular complexity index is 1080. The molecule has 1 atom stereocenters. The van der Waals surface area contributed by atoms with Crippen molar-refractivity contribution in [2.75, 3.05) is 25.4 Å². The SMILES string of the molecule is CCCS(=O)(=O)N1CCCC(CNC(=O)c2ccc(Cl)cc2Cl)(c2ncccc2Cl)CC1. The van der Waals surface area contributed by atoms with Crippen molar-refractivity contribution < 1.29 is 13.2 Å². The van der Waals surface area contributed by atoms with Crippen LogP contribution in [0, 0.1) is 0 Å². The maximum absolute atomic E-state index is 12.9. The number of hydrogen-bond acceptors (Lipinski definition) is 4. The lowest BCUT2D eigenvalue weighted by atomic mass is 9.77. The van der Waals surface area contributed by atoms with E-state index in [4.69, 9.17) is 34.8 Å². The van der Waals surface area contributed by atoms with Gasteiger partial charge in [-0.1, -0.05) is 41.7 Å². The van der Waals surface area contributed by atoms with Crippen molar-refractivity contribution in [1.29, 1.82) is 0 Å². The number of halogens is 3. The summed E-state index contributed by atoms with van der Waals surface area (Å²) in [4.78, 5) is 17.4. The average molecular weight is 519 g/mol. The molecule has 1 aromatic heterocycles. The third-order valence-corrected chi connectivity index (χ3v) is 8.71. The average Bonchev–Trinajstić information content (AvgIpc) is 2.96. The van der Waals surface area contributed by atoms with Crippen molar-refractivity contribution in [1.82, 2.24) is 14.6 Å². The second-order valence-corrected chi connectivity index (χ2v) is 11.3. The molecular formula is C22H26Cl3N3O3S. The van der Waals surface area contributed by atoms with Gasteiger partial charge in [0.15, 0.2) is 0 Å². The van der Waals surface area contributed by atoms with Crippen LogP contribution in [0.2, 0.25) is 15.1 Å². The summed E-state index contributed by atoms with van der Waals surface area (Å²) in [5.74, 6) is -0.214. The summed E-state index contributed by atoms with van der Waals surface area (Å²) in [5.41, 5.74) is 0.377. The van der Waals surface area contributed by atoms with E-state index >= 15 is 0 Å². The Morgan fingerprint density at radius 3 is 2.62 bits per heavy atom. The molecule has 1 unspecified atom stereocenters. The third-order valence-electron chi connectivity index (χ3n) is 5.78. The second kappa shape index (κ2) is 10.7. The van der Waals surface area contributed by atoms with Crippen LogP contribution in [-0.4, -0.2) is 49.0 Å². The van der Waals surface area contributed by atoms with Gasteiger partial charge in [-0.05, 0) is 56.0 Å². The highest BCUT2D eigenvalue weighted by Crippen LogP contribution is 2.38. The van der Waals surface area contributed by atoms with Crippen molar-refractivity contribution in [2.24, 2.45) is 0 Å². The molecule has 174 valence electrons. The smallest absolute Gasteiger partial charge is 0.252 e. The summed E-state index contributed by atoms with van der Waals surface area (Å²) < 4.78 is 26.9. The number of pyridine rings is 1. The maximum Gasteiger partial charge on any atom is 0.252 e. The number of hydrogen-bond donors (Lipinski definition) is 1. The highest BCUT2D eigenvalue weighted by molar-refractivity contribution is 7.89. The van der Waals surface area contributed by atoms with Crippen LogP contribution in [0.1, 0.15) is 48.7 Å². The molecule has 1 aliphatic rings. The van der Waals surface area contributed by atoms with Gasteiger partial charge >= 0.3 is 0 Å². The normalized spacial score (nSPS) is 20.0. The lowest BCUT2D eigenvalue weighted by Crippen LogP contribution is -2.43. The third kappa shape index (κ3) is 5.75. The Labute approximate surface area is 204 Å². The molecule has 0 radical (unpaired) electrons. The Morgan fingerprint density at radius 1 is 1.16 bits per heavy atom. The second-order valence-electron chi connectivity index (χ2n) is 7.99. The summed E-state index contributed by atoms with van der Waals surface area (Å²) in [5, 5.41) is 4.17. The van der Waals surface area contributed by atoms with Crippen molar-refractivity contribution >= 4 is 50.7 Å². The molecule has 1 fully saturated rings. The molecule has 1 aromatic carbocycles. The Morgan fingerprint density at radius 2 is 1.94 bits per heavy atom. The molecule has 2 aromatic rings. The molecule has 0 spiro atoms. The molecular weight excluding hydrogens is 493 g/mol. The summed E-state index contributed by atoms with van der Waals surface area (Å²) in [7, 11) is -3.32. The topological polar surface area (TPSA) is 79.4 Å². The lowest BCUT2D eigenvalue weighted by molar-refractivity contribution is 0.0940. The number of rotatable bonds is 7. The van der Waals surface area contributed by atoms with E-state index in [0.717, 1.165) is 0 Å². The highest BCUT2D eigenvalue weighted by Gasteiger charge is 2.39. The van der Waals surface area contributed by atoms with E-state index in [2.05, 4.69) is 10.3 Å². The van der Waals surface area contributed by atoms with Gasteiger partial charge in [-0.3, -0.25) is 9.78 Å². The molecule has 1 aliphatic heterocycles. The molecule has 6 nitrogen and oxygen atoms in total. The number of sulfonamides is 1. The van der Waals surface area contributed by atoms with Crippen LogP contribution in [0.15, 0.2) is 36.5 Å². The Hall–Kier alpha value is -1.38. The first-order chi connectivity index (χ1) is 15.2. The van der Waals surface area contributed by atoms with Crippen LogP contribution >= 0.6 is 34.8 Å². The summed E-state index contributed by atoms with van der Waals surface area (Å²) >= 11 is 18.6. The zero-order valence-electron chi connectivity index (χ0n) is 17.8. The van der Waals surface area contributed by atoms with Crippen LogP contribution in [-0.2, 0) is 15.4 Å². The zero-order chi connectivity index (χ0) is 23.4. The van der Waals surface area contributed by atoms with Crippen LogP contribution in [0.3, 0.4) is 0 Å². The Balaban J connectivity index is 1.88. The minimum atomic E-state index is -3.32. The fourth-order valence-corrected chi connectivity index (χ4v) is 6.49. The van der Waals surface area contributed by atoms with Gasteiger partial charge in [-0.15, -0.1) is 0 Å². The van der Waals surface area contributed by atoms with Crippen LogP contribution in [0.4, 0.5) is 0 Å². The molecule has 0 bridgehead atoms. The number of nitrogens with one attached hydrogen (secondary N) is 1. The highest BCUT2D eigenvalue weighted by atomic mass is 35.5. The summed E-state index contributed by atoms with van der Waals surface area (Å²) in [6.07, 6.45) is 3.98. The van der Waals surface area contributed by atoms with Gasteiger partial charge in [0.1, 0.15) is 0 Å². The monoisotopic (exact) mass is 517 g/mol. The van der Waals surface area contributed by atoms with E-state index in [1.54, 1.807) is 34.8 Å². The molecule has 1 saturated heterocycles. The number of amides is 1. The summed E-state index contributed by atoms with van der Waals surface area (Å²) in [6.45, 7) is 2.88. The minimum Gasteiger partial charge on any atom is -0.351 e. The van der Waals surface area contributed by atoms with Gasteiger partial charge in [0.2, 0.25) is 10.0 Å². The van der Waals surface area contributed by atoms with Crippen LogP contribution in [0.25, 0.3) is 0 Å². The van der Waals surface area contributed by atoms with Gasteiger partial charge in [0.05, 0.1) is 27.1 Å². The van der Waals surface area contributed by atoms with Gasteiger partial charge in [-0.25, -0.2) is 12.7 Å². The zero-order valence-corrected chi connectivity index (χ0v) is 20.9. The number of carbonyl (C=O) groups excluding carboxylic acids is 1. The Kier molecular flexibility index (Phi) is 8.44. The minimum absolute atomic E-state index is 0.121. The van der Waals surface area contributed by atoms with Gasteiger partial charge in [-0.2, -0.15) is 0 Å². The summed E-state index contributed by atoms with van der Waals surface area (Å²) in [6, 6.07) is 8.22. The first-order valence-electron chi connectivity index (χ1n) is 10.5. The molecule has 1 amide bonds. The van der Waals surface area contributed by atoms with Gasteiger partial charge < -0.3 is 5.32 Å². The molecule has 2 heterocycles. The van der Waals surface area contributed by atoms with Crippen LogP contribution in [0.5, 0.6) is 0 Å². The van der Waals surface area contributed by atoms with E-state index in [-0.39, 0.29) is 23.2 Å². The van der Waals surface area contributed by atoms with Gasteiger partial charge in [0.25, 0.3) is 5.91 Å². The van der Waals surface area contributed by atoms with E-state index in [1.807, 2.05) is 6.92 Å². The first-order valence-corrected chi connectivity index (χ1v) is 13.2. The first kappa shape index (κ1) is 25.2. The van der Waals surface area contributed by atoms with Crippen LogP contribution < -0.4 is 5.32 Å². The molecule has 32 heavy (non-hydrogen) atoms. The molecule has 0 saturated carbocycles. The number of aromatic nitrogens is 1. The van der Waals surface area contributed by atoms with E-state index in [9.17, 15) is 13.2 Å². The standard InChI is InChI=1S/C22H26Cl3N3O3S/c1-2-13-32(30,31)28-11-4-8-22(9-12-28,20-18(24)5-3-10-26-20)15-27-21(29)17-7-6-16(23)14-19(17)25/h3,5-7,10,14H,2,4,8-9,11-13,15H2,1H3,(H,27,29). The van der Waals surface area contributed by atoms with E-state index in [0.29, 0.717) is 60.1 Å². The molecule has 3 rings (SSSR count). The number of nitrogens with zero attached hydrogens (tertiary/aromatic N) is 2. The van der Waals surface area contributed by atoms with Crippen molar-refractivity contribution in [3.05, 3.63) is 62.9 Å². The molecule has 1 N–H and O–H groups in total. The fourth-order valence-electron chi connectivity index (χ4n) is 4.13. The van der Waals surface area contributed by atoms with Crippen molar-refractivity contribution in [3.8, 4) is 0 Å². The van der Waals surface area contributed by atoms with E-state index < -0.39 is 15.4 Å². The van der Waals surface area contributed by atoms with Crippen molar-refractivity contribution in [3.63, 3.8) is 0 Å². The molecule has 0 aliphatic carbocycles. The predicted octanol–water partition coefficient (Wildman–Crippen LogP) is 4.94. The van der Waals surface area contributed by atoms with Gasteiger partial charge in [0, 0.05) is 36.3 Å². The maximum atomic E-state index is 12.9. The number of carbonyl (C=O) groups is 1. The van der Waals surface area contributed by atoms with E-state index in [1.165, 1.54) is 6.07 Å². The number of benzene rings is 1. The molecule has 10 heteroatoms. The fraction of sp³-hybridized carbons (Fsp3) is 0.455.